The molecule has 2 rings (SSSR count). The Morgan fingerprint density at radius 3 is 2.37 bits per heavy atom. The molecule has 1 aromatic carbocycles. The minimum atomic E-state index is -0.716. The molecule has 0 amide bonds. The minimum absolute atomic E-state index is 0.00641. The summed E-state index contributed by atoms with van der Waals surface area (Å²) in [4.78, 5) is 37.5. The average molecular weight is 409 g/mol. The van der Waals surface area contributed by atoms with Gasteiger partial charge in [0.15, 0.2) is 0 Å². The first kappa shape index (κ1) is 20.8. The highest BCUT2D eigenvalue weighted by Gasteiger charge is 2.28. The number of thiophene rings is 1. The highest BCUT2D eigenvalue weighted by molar-refractivity contribution is 7.99. The maximum Gasteiger partial charge on any atom is 0.348 e. The Morgan fingerprint density at radius 2 is 1.74 bits per heavy atom. The van der Waals surface area contributed by atoms with Crippen molar-refractivity contribution in [3.8, 4) is 0 Å². The van der Waals surface area contributed by atoms with Crippen LogP contribution >= 0.6 is 23.1 Å². The van der Waals surface area contributed by atoms with E-state index in [1.807, 2.05) is 19.1 Å². The number of esters is 3. The third-order valence-electron chi connectivity index (χ3n) is 3.55. The smallest absolute Gasteiger partial charge is 0.348 e. The van der Waals surface area contributed by atoms with Crippen molar-refractivity contribution in [3.05, 3.63) is 45.8 Å². The van der Waals surface area contributed by atoms with E-state index in [1.165, 1.54) is 26.0 Å². The summed E-state index contributed by atoms with van der Waals surface area (Å²) in [5.74, 6) is -1.16. The highest BCUT2D eigenvalue weighted by Crippen LogP contribution is 2.33. The predicted octanol–water partition coefficient (Wildman–Crippen LogP) is 3.37. The zero-order valence-electron chi connectivity index (χ0n) is 15.1. The predicted molar refractivity (Wildman–Crippen MR) is 103 cm³/mol. The van der Waals surface area contributed by atoms with E-state index in [-0.39, 0.29) is 27.6 Å². The van der Waals surface area contributed by atoms with Gasteiger partial charge < -0.3 is 19.9 Å². The van der Waals surface area contributed by atoms with Crippen LogP contribution in [0.2, 0.25) is 0 Å². The fraction of sp³-hybridized carbons (Fsp3) is 0.278. The zero-order valence-corrected chi connectivity index (χ0v) is 16.7. The van der Waals surface area contributed by atoms with E-state index in [1.54, 1.807) is 12.1 Å². The van der Waals surface area contributed by atoms with Crippen LogP contribution in [0.3, 0.4) is 0 Å². The van der Waals surface area contributed by atoms with Crippen LogP contribution in [0, 0.1) is 0 Å². The van der Waals surface area contributed by atoms with E-state index in [0.717, 1.165) is 22.0 Å². The maximum atomic E-state index is 12.5. The van der Waals surface area contributed by atoms with Gasteiger partial charge in [0.1, 0.15) is 22.0 Å². The number of hydrogen-bond donors (Lipinski definition) is 1. The van der Waals surface area contributed by atoms with Crippen molar-refractivity contribution in [2.75, 3.05) is 25.7 Å². The van der Waals surface area contributed by atoms with Gasteiger partial charge in [0.05, 0.1) is 19.8 Å². The largest absolute Gasteiger partial charge is 0.465 e. The fourth-order valence-electron chi connectivity index (χ4n) is 2.34. The molecule has 7 nitrogen and oxygen atoms in total. The Hall–Kier alpha value is -2.52. The van der Waals surface area contributed by atoms with Crippen LogP contribution in [0.15, 0.2) is 29.2 Å². The van der Waals surface area contributed by atoms with Gasteiger partial charge >= 0.3 is 17.9 Å². The van der Waals surface area contributed by atoms with Gasteiger partial charge in [-0.2, -0.15) is 0 Å². The fourth-order valence-corrected chi connectivity index (χ4v) is 4.11. The Kier molecular flexibility index (Phi) is 7.26. The van der Waals surface area contributed by atoms with Gasteiger partial charge in [0.25, 0.3) is 0 Å². The lowest BCUT2D eigenvalue weighted by Crippen LogP contribution is -2.13. The minimum Gasteiger partial charge on any atom is -0.465 e. The van der Waals surface area contributed by atoms with E-state index in [9.17, 15) is 14.4 Å². The molecule has 9 heteroatoms. The number of nitrogen functional groups attached to an aromatic ring is 1. The Labute approximate surface area is 164 Å². The van der Waals surface area contributed by atoms with Gasteiger partial charge in [-0.15, -0.1) is 23.1 Å². The van der Waals surface area contributed by atoms with Crippen LogP contribution in [-0.2, 0) is 20.8 Å². The van der Waals surface area contributed by atoms with Crippen molar-refractivity contribution in [1.29, 1.82) is 0 Å². The number of carbonyl (C=O) groups excluding carboxylic acids is 3. The molecule has 0 atom stereocenters. The summed E-state index contributed by atoms with van der Waals surface area (Å²) in [7, 11) is 2.41. The number of nitrogens with two attached hydrogens (primary N) is 1. The van der Waals surface area contributed by atoms with Gasteiger partial charge in [-0.3, -0.25) is 0 Å². The monoisotopic (exact) mass is 409 g/mol. The van der Waals surface area contributed by atoms with Crippen molar-refractivity contribution >= 4 is 46.0 Å². The molecule has 0 aliphatic heterocycles. The topological polar surface area (TPSA) is 105 Å². The van der Waals surface area contributed by atoms with E-state index >= 15 is 0 Å². The van der Waals surface area contributed by atoms with Crippen LogP contribution in [-0.4, -0.2) is 37.9 Å². The lowest BCUT2D eigenvalue weighted by atomic mass is 10.1. The molecule has 2 N–H and O–H groups in total. The first-order valence-electron chi connectivity index (χ1n) is 7.91. The first-order valence-corrected chi connectivity index (χ1v) is 9.71. The van der Waals surface area contributed by atoms with Crippen molar-refractivity contribution in [2.45, 2.75) is 18.4 Å². The lowest BCUT2D eigenvalue weighted by Gasteiger charge is -2.10. The van der Waals surface area contributed by atoms with Gasteiger partial charge in [0.2, 0.25) is 0 Å². The van der Waals surface area contributed by atoms with Crippen molar-refractivity contribution < 1.29 is 28.6 Å². The van der Waals surface area contributed by atoms with Gasteiger partial charge in [-0.05, 0) is 17.9 Å². The molecule has 1 aromatic heterocycles. The molecule has 0 spiro atoms. The van der Waals surface area contributed by atoms with Gasteiger partial charge in [-0.25, -0.2) is 14.4 Å². The number of anilines is 1. The highest BCUT2D eigenvalue weighted by atomic mass is 32.2. The van der Waals surface area contributed by atoms with Crippen LogP contribution in [0.25, 0.3) is 0 Å². The SMILES string of the molecule is CCSc1ccccc1C(=O)OCc1c(C(=O)OC)sc(N)c1C(=O)OC. The molecule has 0 aliphatic carbocycles. The summed E-state index contributed by atoms with van der Waals surface area (Å²) >= 11 is 2.40. The van der Waals surface area contributed by atoms with Crippen molar-refractivity contribution in [3.63, 3.8) is 0 Å². The number of thioether (sulfide) groups is 1. The van der Waals surface area contributed by atoms with Crippen LogP contribution in [0.1, 0.15) is 42.9 Å². The van der Waals surface area contributed by atoms with Crippen LogP contribution in [0.4, 0.5) is 5.00 Å². The summed E-state index contributed by atoms with van der Waals surface area (Å²) in [6, 6.07) is 7.05. The normalized spacial score (nSPS) is 10.3. The summed E-state index contributed by atoms with van der Waals surface area (Å²) < 4.78 is 14.8. The van der Waals surface area contributed by atoms with Gasteiger partial charge in [-0.1, -0.05) is 19.1 Å². The second-order valence-electron chi connectivity index (χ2n) is 5.14. The summed E-state index contributed by atoms with van der Waals surface area (Å²) in [5, 5.41) is 0.0928. The Morgan fingerprint density at radius 1 is 1.07 bits per heavy atom. The van der Waals surface area contributed by atoms with Crippen molar-refractivity contribution in [1.82, 2.24) is 0 Å². The third kappa shape index (κ3) is 4.61. The van der Waals surface area contributed by atoms with Gasteiger partial charge in [0, 0.05) is 10.5 Å². The molecule has 2 aromatic rings. The number of carbonyl (C=O) groups is 3. The molecule has 0 radical (unpaired) electrons. The van der Waals surface area contributed by atoms with Crippen LogP contribution in [0.5, 0.6) is 0 Å². The second-order valence-corrected chi connectivity index (χ2v) is 7.50. The van der Waals surface area contributed by atoms with Crippen LogP contribution < -0.4 is 5.73 Å². The quantitative estimate of drug-likeness (QED) is 0.422. The van der Waals surface area contributed by atoms with E-state index in [4.69, 9.17) is 19.9 Å². The first-order chi connectivity index (χ1) is 12.9. The Balaban J connectivity index is 2.33. The summed E-state index contributed by atoms with van der Waals surface area (Å²) in [6.45, 7) is 1.67. The molecular weight excluding hydrogens is 390 g/mol. The number of ether oxygens (including phenoxy) is 3. The standard InChI is InChI=1S/C18H19NO6S2/c1-4-26-12-8-6-5-7-10(12)16(20)25-9-11-13(17(21)23-2)15(19)27-14(11)18(22)24-3/h5-8H,4,9,19H2,1-3H3. The molecule has 0 saturated heterocycles. The van der Waals surface area contributed by atoms with Crippen molar-refractivity contribution in [2.24, 2.45) is 0 Å². The molecule has 0 saturated carbocycles. The Bertz CT molecular complexity index is 862. The molecule has 0 bridgehead atoms. The molecule has 0 fully saturated rings. The summed E-state index contributed by atoms with van der Waals surface area (Å²) in [6.07, 6.45) is 0. The molecular formula is C18H19NO6S2. The van der Waals surface area contributed by atoms with E-state index in [0.29, 0.717) is 5.56 Å². The maximum absolute atomic E-state index is 12.5. The summed E-state index contributed by atoms with van der Waals surface area (Å²) in [5.41, 5.74) is 6.45. The van der Waals surface area contributed by atoms with E-state index < -0.39 is 17.9 Å². The molecule has 27 heavy (non-hydrogen) atoms. The molecule has 0 unspecified atom stereocenters. The second kappa shape index (κ2) is 9.43. The molecule has 0 aliphatic rings. The van der Waals surface area contributed by atoms with E-state index in [2.05, 4.69) is 0 Å². The zero-order chi connectivity index (χ0) is 20.0. The molecule has 1 heterocycles. The lowest BCUT2D eigenvalue weighted by molar-refractivity contribution is 0.0449. The number of benzene rings is 1. The average Bonchev–Trinajstić information content (AvgIpc) is 3.01. The molecule has 144 valence electrons. The number of rotatable bonds is 7. The number of methoxy groups -OCH3 is 2. The number of hydrogen-bond acceptors (Lipinski definition) is 9. The third-order valence-corrected chi connectivity index (χ3v) is 5.55.